The second-order valence-corrected chi connectivity index (χ2v) is 6.81. The number of esters is 2. The van der Waals surface area contributed by atoms with Gasteiger partial charge in [-0.15, -0.1) is 0 Å². The lowest BCUT2D eigenvalue weighted by atomic mass is 10.1. The van der Waals surface area contributed by atoms with Crippen LogP contribution >= 0.6 is 11.6 Å². The van der Waals surface area contributed by atoms with Crippen LogP contribution in [0, 0.1) is 0 Å². The van der Waals surface area contributed by atoms with Crippen molar-refractivity contribution in [1.82, 2.24) is 4.90 Å². The standard InChI is InChI=1S/C21H23ClN2O6/c1-24(8-9-30-18-6-4-16(22)5-7-18)13-19(25)23-17-11-14(20(26)28-2)10-15(12-17)21(27)29-3/h4-7,10-12H,8-9,13H2,1-3H3,(H,23,25). The van der Waals surface area contributed by atoms with Crippen molar-refractivity contribution in [2.24, 2.45) is 0 Å². The number of nitrogens with zero attached hydrogens (tertiary/aromatic N) is 1. The summed E-state index contributed by atoms with van der Waals surface area (Å²) in [6.07, 6.45) is 0. The molecule has 0 atom stereocenters. The van der Waals surface area contributed by atoms with Crippen LogP contribution < -0.4 is 10.1 Å². The van der Waals surface area contributed by atoms with E-state index in [1.165, 1.54) is 32.4 Å². The third kappa shape index (κ3) is 7.06. The minimum absolute atomic E-state index is 0.0833. The summed E-state index contributed by atoms with van der Waals surface area (Å²) >= 11 is 5.83. The van der Waals surface area contributed by atoms with Crippen LogP contribution in [-0.4, -0.2) is 63.7 Å². The third-order valence-electron chi connectivity index (χ3n) is 4.03. The van der Waals surface area contributed by atoms with Crippen molar-refractivity contribution >= 4 is 35.1 Å². The zero-order chi connectivity index (χ0) is 22.1. The number of benzene rings is 2. The van der Waals surface area contributed by atoms with E-state index in [1.807, 2.05) is 0 Å². The topological polar surface area (TPSA) is 94.2 Å². The first kappa shape index (κ1) is 23.2. The van der Waals surface area contributed by atoms with Gasteiger partial charge in [0.1, 0.15) is 12.4 Å². The molecule has 0 bridgehead atoms. The Morgan fingerprint density at radius 2 is 1.53 bits per heavy atom. The molecule has 0 radical (unpaired) electrons. The number of hydrogen-bond donors (Lipinski definition) is 1. The molecule has 1 amide bonds. The van der Waals surface area contributed by atoms with Crippen LogP contribution in [0.5, 0.6) is 5.75 Å². The SMILES string of the molecule is COC(=O)c1cc(NC(=O)CN(C)CCOc2ccc(Cl)cc2)cc(C(=O)OC)c1. The summed E-state index contributed by atoms with van der Waals surface area (Å²) in [6.45, 7) is 0.974. The fourth-order valence-electron chi connectivity index (χ4n) is 2.55. The Morgan fingerprint density at radius 3 is 2.07 bits per heavy atom. The molecule has 1 N–H and O–H groups in total. The van der Waals surface area contributed by atoms with Crippen LogP contribution in [-0.2, 0) is 14.3 Å². The molecule has 0 heterocycles. The van der Waals surface area contributed by atoms with Crippen LogP contribution in [0.4, 0.5) is 5.69 Å². The number of nitrogens with one attached hydrogen (secondary N) is 1. The van der Waals surface area contributed by atoms with Crippen LogP contribution in [0.1, 0.15) is 20.7 Å². The molecule has 0 aliphatic rings. The second kappa shape index (κ2) is 11.2. The number of carbonyl (C=O) groups is 3. The number of hydrogen-bond acceptors (Lipinski definition) is 7. The molecule has 0 aliphatic carbocycles. The molecule has 9 heteroatoms. The molecular formula is C21H23ClN2O6. The molecule has 2 rings (SSSR count). The van der Waals surface area contributed by atoms with Gasteiger partial charge in [-0.25, -0.2) is 9.59 Å². The van der Waals surface area contributed by atoms with Gasteiger partial charge in [-0.2, -0.15) is 0 Å². The molecule has 0 unspecified atom stereocenters. The highest BCUT2D eigenvalue weighted by molar-refractivity contribution is 6.30. The van der Waals surface area contributed by atoms with Crippen molar-refractivity contribution in [3.05, 3.63) is 58.6 Å². The van der Waals surface area contributed by atoms with Crippen LogP contribution in [0.25, 0.3) is 0 Å². The maximum Gasteiger partial charge on any atom is 0.337 e. The zero-order valence-corrected chi connectivity index (χ0v) is 17.7. The summed E-state index contributed by atoms with van der Waals surface area (Å²) in [5, 5.41) is 3.30. The molecule has 30 heavy (non-hydrogen) atoms. The van der Waals surface area contributed by atoms with Gasteiger partial charge in [0.15, 0.2) is 0 Å². The highest BCUT2D eigenvalue weighted by Crippen LogP contribution is 2.17. The molecule has 0 saturated heterocycles. The van der Waals surface area contributed by atoms with Gasteiger partial charge >= 0.3 is 11.9 Å². The quantitative estimate of drug-likeness (QED) is 0.606. The molecule has 2 aromatic rings. The summed E-state index contributed by atoms with van der Waals surface area (Å²) in [6, 6.07) is 11.2. The first-order valence-electron chi connectivity index (χ1n) is 9.01. The highest BCUT2D eigenvalue weighted by Gasteiger charge is 2.15. The lowest BCUT2D eigenvalue weighted by Gasteiger charge is -2.17. The Hall–Kier alpha value is -3.10. The zero-order valence-electron chi connectivity index (χ0n) is 16.9. The van der Waals surface area contributed by atoms with E-state index in [1.54, 1.807) is 36.2 Å². The molecular weight excluding hydrogens is 412 g/mol. The van der Waals surface area contributed by atoms with Gasteiger partial charge in [0.2, 0.25) is 5.91 Å². The van der Waals surface area contributed by atoms with Crippen molar-refractivity contribution in [1.29, 1.82) is 0 Å². The first-order valence-corrected chi connectivity index (χ1v) is 9.38. The molecule has 0 saturated carbocycles. The number of amides is 1. The van der Waals surface area contributed by atoms with Crippen LogP contribution in [0.2, 0.25) is 5.02 Å². The number of anilines is 1. The number of rotatable bonds is 9. The van der Waals surface area contributed by atoms with Gasteiger partial charge in [0.05, 0.1) is 31.9 Å². The van der Waals surface area contributed by atoms with Gasteiger partial charge in [0.25, 0.3) is 0 Å². The number of ether oxygens (including phenoxy) is 3. The van der Waals surface area contributed by atoms with Crippen molar-refractivity contribution < 1.29 is 28.6 Å². The second-order valence-electron chi connectivity index (χ2n) is 6.37. The summed E-state index contributed by atoms with van der Waals surface area (Å²) < 4.78 is 15.0. The summed E-state index contributed by atoms with van der Waals surface area (Å²) in [7, 11) is 4.23. The van der Waals surface area contributed by atoms with E-state index in [9.17, 15) is 14.4 Å². The summed E-state index contributed by atoms with van der Waals surface area (Å²) in [4.78, 5) is 37.8. The van der Waals surface area contributed by atoms with Gasteiger partial charge in [-0.05, 0) is 49.5 Å². The fraction of sp³-hybridized carbons (Fsp3) is 0.286. The maximum absolute atomic E-state index is 12.4. The average Bonchev–Trinajstić information content (AvgIpc) is 2.73. The van der Waals surface area contributed by atoms with E-state index in [0.29, 0.717) is 23.9 Å². The molecule has 0 spiro atoms. The first-order chi connectivity index (χ1) is 14.3. The minimum atomic E-state index is -0.632. The van der Waals surface area contributed by atoms with E-state index < -0.39 is 11.9 Å². The van der Waals surface area contributed by atoms with Crippen molar-refractivity contribution in [3.63, 3.8) is 0 Å². The van der Waals surface area contributed by atoms with Crippen molar-refractivity contribution in [2.45, 2.75) is 0 Å². The monoisotopic (exact) mass is 434 g/mol. The minimum Gasteiger partial charge on any atom is -0.492 e. The van der Waals surface area contributed by atoms with E-state index in [2.05, 4.69) is 14.8 Å². The van der Waals surface area contributed by atoms with Gasteiger partial charge in [-0.1, -0.05) is 11.6 Å². The Bertz CT molecular complexity index is 867. The predicted molar refractivity (Wildman–Crippen MR) is 112 cm³/mol. The van der Waals surface area contributed by atoms with E-state index >= 15 is 0 Å². The molecule has 0 aromatic heterocycles. The molecule has 0 aliphatic heterocycles. The van der Waals surface area contributed by atoms with E-state index in [0.717, 1.165) is 0 Å². The lowest BCUT2D eigenvalue weighted by molar-refractivity contribution is -0.117. The van der Waals surface area contributed by atoms with E-state index in [4.69, 9.17) is 16.3 Å². The Balaban J connectivity index is 1.93. The average molecular weight is 435 g/mol. The fourth-order valence-corrected chi connectivity index (χ4v) is 2.67. The Morgan fingerprint density at radius 1 is 0.967 bits per heavy atom. The normalized spacial score (nSPS) is 10.4. The lowest BCUT2D eigenvalue weighted by Crippen LogP contribution is -2.33. The van der Waals surface area contributed by atoms with Crippen molar-refractivity contribution in [3.8, 4) is 5.75 Å². The van der Waals surface area contributed by atoms with Gasteiger partial charge < -0.3 is 19.5 Å². The Kier molecular flexibility index (Phi) is 8.64. The summed E-state index contributed by atoms with van der Waals surface area (Å²) in [5.41, 5.74) is 0.537. The smallest absolute Gasteiger partial charge is 0.337 e. The van der Waals surface area contributed by atoms with Gasteiger partial charge in [0, 0.05) is 17.3 Å². The maximum atomic E-state index is 12.4. The van der Waals surface area contributed by atoms with Crippen LogP contribution in [0.3, 0.4) is 0 Å². The highest BCUT2D eigenvalue weighted by atomic mass is 35.5. The number of methoxy groups -OCH3 is 2. The molecule has 2 aromatic carbocycles. The molecule has 0 fully saturated rings. The number of likely N-dealkylation sites (N-methyl/N-ethyl adjacent to an activating group) is 1. The van der Waals surface area contributed by atoms with Crippen LogP contribution in [0.15, 0.2) is 42.5 Å². The largest absolute Gasteiger partial charge is 0.492 e. The molecule has 160 valence electrons. The van der Waals surface area contributed by atoms with E-state index in [-0.39, 0.29) is 29.3 Å². The Labute approximate surface area is 179 Å². The number of carbonyl (C=O) groups excluding carboxylic acids is 3. The van der Waals surface area contributed by atoms with Crippen molar-refractivity contribution in [2.75, 3.05) is 46.3 Å². The number of halogens is 1. The molecule has 8 nitrogen and oxygen atoms in total. The third-order valence-corrected chi connectivity index (χ3v) is 4.28. The summed E-state index contributed by atoms with van der Waals surface area (Å²) in [5.74, 6) is -0.894. The predicted octanol–water partition coefficient (Wildman–Crippen LogP) is 2.86. The van der Waals surface area contributed by atoms with Gasteiger partial charge in [-0.3, -0.25) is 9.69 Å².